The third-order valence-corrected chi connectivity index (χ3v) is 8.85. The van der Waals surface area contributed by atoms with Crippen molar-refractivity contribution in [2.45, 2.75) is 51.1 Å². The Labute approximate surface area is 130 Å². The van der Waals surface area contributed by atoms with Crippen LogP contribution in [0.4, 0.5) is 0 Å². The number of cyclic esters (lactones) is 1. The average molecular weight is 363 g/mol. The first kappa shape index (κ1) is 17.6. The molecule has 0 saturated carbocycles. The molecule has 1 N–H and O–H groups in total. The largest absolute Gasteiger partial charge is 0.451 e. The summed E-state index contributed by atoms with van der Waals surface area (Å²) in [7, 11) is -1.77. The highest BCUT2D eigenvalue weighted by molar-refractivity contribution is 9.12. The van der Waals surface area contributed by atoms with Gasteiger partial charge in [-0.25, -0.2) is 4.79 Å². The van der Waals surface area contributed by atoms with Crippen LogP contribution in [-0.2, 0) is 14.0 Å². The van der Waals surface area contributed by atoms with E-state index in [-0.39, 0.29) is 5.04 Å². The minimum absolute atomic E-state index is 0.161. The number of rotatable bonds is 5. The summed E-state index contributed by atoms with van der Waals surface area (Å²) in [6.07, 6.45) is 3.47. The van der Waals surface area contributed by atoms with Gasteiger partial charge in [-0.2, -0.15) is 0 Å². The normalized spacial score (nSPS) is 22.1. The smallest absolute Gasteiger partial charge is 0.345 e. The molecule has 1 rings (SSSR count). The molecule has 1 heterocycles. The Morgan fingerprint density at radius 2 is 2.15 bits per heavy atom. The number of hydrogen-bond acceptors (Lipinski definition) is 4. The molecule has 0 amide bonds. The topological polar surface area (TPSA) is 55.8 Å². The van der Waals surface area contributed by atoms with Crippen molar-refractivity contribution in [1.82, 2.24) is 0 Å². The minimum atomic E-state index is -1.77. The van der Waals surface area contributed by atoms with Crippen molar-refractivity contribution in [2.75, 3.05) is 6.61 Å². The van der Waals surface area contributed by atoms with E-state index in [1.54, 1.807) is 18.2 Å². The molecular weight excluding hydrogens is 340 g/mol. The molecule has 2 atom stereocenters. The molecular formula is C14H23BrO4Si. The van der Waals surface area contributed by atoms with Gasteiger partial charge in [0.25, 0.3) is 0 Å². The van der Waals surface area contributed by atoms with Crippen LogP contribution < -0.4 is 0 Å². The molecule has 0 aromatic heterocycles. The third-order valence-electron chi connectivity index (χ3n) is 3.77. The van der Waals surface area contributed by atoms with E-state index >= 15 is 0 Å². The Morgan fingerprint density at radius 3 is 2.60 bits per heavy atom. The average Bonchev–Trinajstić information content (AvgIpc) is 2.63. The zero-order chi connectivity index (χ0) is 15.6. The van der Waals surface area contributed by atoms with Gasteiger partial charge in [0.1, 0.15) is 10.6 Å². The lowest BCUT2D eigenvalue weighted by Gasteiger charge is -2.35. The molecule has 4 nitrogen and oxygen atoms in total. The van der Waals surface area contributed by atoms with Crippen LogP contribution in [0.1, 0.15) is 20.8 Å². The maximum absolute atomic E-state index is 11.2. The van der Waals surface area contributed by atoms with Crippen LogP contribution in [0.15, 0.2) is 22.7 Å². The second kappa shape index (κ2) is 6.55. The highest BCUT2D eigenvalue weighted by Crippen LogP contribution is 2.36. The van der Waals surface area contributed by atoms with Crippen molar-refractivity contribution in [1.29, 1.82) is 0 Å². The van der Waals surface area contributed by atoms with Gasteiger partial charge >= 0.3 is 5.97 Å². The first-order valence-corrected chi connectivity index (χ1v) is 10.3. The first-order valence-electron chi connectivity index (χ1n) is 6.61. The quantitative estimate of drug-likeness (QED) is 0.463. The van der Waals surface area contributed by atoms with Gasteiger partial charge in [-0.3, -0.25) is 0 Å². The standard InChI is InChI=1S/C14H23BrO4Si/c1-14(2,3)20(4,5)18-8-6-7-11(16)12-9-10(15)13(17)19-12/h6-7,9,11-12,16H,8H2,1-5H3/b7-6+/t11-,12+/m1/s1. The molecule has 0 radical (unpaired) electrons. The van der Waals surface area contributed by atoms with Gasteiger partial charge in [0.15, 0.2) is 14.4 Å². The lowest BCUT2D eigenvalue weighted by molar-refractivity contribution is -0.141. The van der Waals surface area contributed by atoms with E-state index < -0.39 is 26.5 Å². The van der Waals surface area contributed by atoms with Gasteiger partial charge < -0.3 is 14.3 Å². The molecule has 0 bridgehead atoms. The zero-order valence-electron chi connectivity index (χ0n) is 12.6. The van der Waals surface area contributed by atoms with Gasteiger partial charge in [-0.05, 0) is 40.1 Å². The molecule has 0 fully saturated rings. The molecule has 0 aromatic rings. The van der Waals surface area contributed by atoms with E-state index in [1.165, 1.54) is 0 Å². The first-order chi connectivity index (χ1) is 9.04. The van der Waals surface area contributed by atoms with Crippen molar-refractivity contribution in [3.05, 3.63) is 22.7 Å². The second-order valence-electron chi connectivity index (χ2n) is 6.37. The SMILES string of the molecule is CC(C)(C)[Si](C)(C)OC/C=C/[C@@H](O)[C@@H]1C=C(Br)C(=O)O1. The lowest BCUT2D eigenvalue weighted by Crippen LogP contribution is -2.40. The molecule has 20 heavy (non-hydrogen) atoms. The van der Waals surface area contributed by atoms with Crippen molar-refractivity contribution < 1.29 is 19.1 Å². The predicted molar refractivity (Wildman–Crippen MR) is 85.2 cm³/mol. The fourth-order valence-corrected chi connectivity index (χ4v) is 2.67. The number of ether oxygens (including phenoxy) is 1. The van der Waals surface area contributed by atoms with E-state index in [2.05, 4.69) is 49.8 Å². The summed E-state index contributed by atoms with van der Waals surface area (Å²) >= 11 is 3.07. The zero-order valence-corrected chi connectivity index (χ0v) is 15.2. The number of halogens is 1. The maximum atomic E-state index is 11.2. The summed E-state index contributed by atoms with van der Waals surface area (Å²) < 4.78 is 11.3. The van der Waals surface area contributed by atoms with E-state index in [0.717, 1.165) is 0 Å². The Kier molecular flexibility index (Phi) is 5.77. The molecule has 0 aliphatic carbocycles. The third kappa shape index (κ3) is 4.55. The van der Waals surface area contributed by atoms with E-state index in [4.69, 9.17) is 9.16 Å². The van der Waals surface area contributed by atoms with Crippen molar-refractivity contribution in [2.24, 2.45) is 0 Å². The predicted octanol–water partition coefficient (Wildman–Crippen LogP) is 3.13. The van der Waals surface area contributed by atoms with Crippen LogP contribution in [-0.4, -0.2) is 38.2 Å². The van der Waals surface area contributed by atoms with Gasteiger partial charge in [0, 0.05) is 0 Å². The van der Waals surface area contributed by atoms with Crippen LogP contribution in [0.3, 0.4) is 0 Å². The van der Waals surface area contributed by atoms with E-state index in [9.17, 15) is 9.90 Å². The Morgan fingerprint density at radius 1 is 1.55 bits per heavy atom. The van der Waals surface area contributed by atoms with Crippen molar-refractivity contribution >= 4 is 30.2 Å². The number of esters is 1. The van der Waals surface area contributed by atoms with Gasteiger partial charge in [0.2, 0.25) is 0 Å². The summed E-state index contributed by atoms with van der Waals surface area (Å²) in [5.74, 6) is -0.444. The number of carbonyl (C=O) groups excluding carboxylic acids is 1. The summed E-state index contributed by atoms with van der Waals surface area (Å²) in [6, 6.07) is 0. The fraction of sp³-hybridized carbons (Fsp3) is 0.643. The second-order valence-corrected chi connectivity index (χ2v) is 12.0. The van der Waals surface area contributed by atoms with E-state index in [0.29, 0.717) is 11.1 Å². The molecule has 1 aliphatic heterocycles. The highest BCUT2D eigenvalue weighted by Gasteiger charge is 2.36. The van der Waals surface area contributed by atoms with Crippen molar-refractivity contribution in [3.63, 3.8) is 0 Å². The number of aliphatic hydroxyl groups excluding tert-OH is 1. The highest BCUT2D eigenvalue weighted by atomic mass is 79.9. The van der Waals surface area contributed by atoms with Crippen LogP contribution in [0.2, 0.25) is 18.1 Å². The summed E-state index contributed by atoms with van der Waals surface area (Å²) in [4.78, 5) is 11.2. The minimum Gasteiger partial charge on any atom is -0.451 e. The van der Waals surface area contributed by atoms with E-state index in [1.807, 2.05) is 0 Å². The fourth-order valence-electron chi connectivity index (χ4n) is 1.37. The summed E-state index contributed by atoms with van der Waals surface area (Å²) in [5.41, 5.74) is 0. The maximum Gasteiger partial charge on any atom is 0.345 e. The Bertz CT molecular complexity index is 423. The molecule has 0 spiro atoms. The summed E-state index contributed by atoms with van der Waals surface area (Å²) in [5, 5.41) is 10.1. The van der Waals surface area contributed by atoms with Crippen molar-refractivity contribution in [3.8, 4) is 0 Å². The van der Waals surface area contributed by atoms with Crippen LogP contribution in [0, 0.1) is 0 Å². The lowest BCUT2D eigenvalue weighted by atomic mass is 10.2. The summed E-state index contributed by atoms with van der Waals surface area (Å²) in [6.45, 7) is 11.3. The molecule has 0 aromatic carbocycles. The number of hydrogen-bond donors (Lipinski definition) is 1. The molecule has 1 aliphatic rings. The monoisotopic (exact) mass is 362 g/mol. The van der Waals surface area contributed by atoms with Gasteiger partial charge in [-0.15, -0.1) is 0 Å². The Balaban J connectivity index is 2.45. The molecule has 0 unspecified atom stereocenters. The van der Waals surface area contributed by atoms with Gasteiger partial charge in [0.05, 0.1) is 6.61 Å². The van der Waals surface area contributed by atoms with Crippen LogP contribution in [0.25, 0.3) is 0 Å². The van der Waals surface area contributed by atoms with Crippen LogP contribution >= 0.6 is 15.9 Å². The molecule has 114 valence electrons. The number of aliphatic hydroxyl groups is 1. The van der Waals surface area contributed by atoms with Crippen LogP contribution in [0.5, 0.6) is 0 Å². The Hall–Kier alpha value is -0.433. The number of carbonyl (C=O) groups is 1. The molecule has 6 heteroatoms. The van der Waals surface area contributed by atoms with Gasteiger partial charge in [-0.1, -0.05) is 32.9 Å². The molecule has 0 saturated heterocycles.